The summed E-state index contributed by atoms with van der Waals surface area (Å²) in [6.07, 6.45) is 3.57. The Balaban J connectivity index is 1.37. The zero-order valence-corrected chi connectivity index (χ0v) is 17.3. The number of hydrogen-bond donors (Lipinski definition) is 1. The SMILES string of the molecule is Nc1ccc(CCN2CCCC2CN2c3ccccc3COc3ccccc32)cc1. The van der Waals surface area contributed by atoms with Crippen molar-refractivity contribution in [2.24, 2.45) is 0 Å². The highest BCUT2D eigenvalue weighted by Crippen LogP contribution is 2.40. The number of fused-ring (bicyclic) bond motifs is 2. The van der Waals surface area contributed by atoms with E-state index in [1.807, 2.05) is 12.1 Å². The Bertz CT molecular complexity index is 954. The van der Waals surface area contributed by atoms with Crippen LogP contribution in [-0.2, 0) is 13.0 Å². The summed E-state index contributed by atoms with van der Waals surface area (Å²) in [5.41, 5.74) is 11.7. The van der Waals surface area contributed by atoms with E-state index in [1.54, 1.807) is 0 Å². The van der Waals surface area contributed by atoms with E-state index in [0.717, 1.165) is 30.9 Å². The molecule has 2 aliphatic rings. The second kappa shape index (κ2) is 8.41. The number of hydrogen-bond acceptors (Lipinski definition) is 4. The van der Waals surface area contributed by atoms with Gasteiger partial charge in [-0.2, -0.15) is 0 Å². The number of para-hydroxylation sites is 3. The maximum absolute atomic E-state index is 6.15. The molecule has 0 radical (unpaired) electrons. The van der Waals surface area contributed by atoms with Crippen molar-refractivity contribution < 1.29 is 4.74 Å². The van der Waals surface area contributed by atoms with Gasteiger partial charge in [0.1, 0.15) is 12.4 Å². The largest absolute Gasteiger partial charge is 0.487 e. The number of rotatable bonds is 5. The molecule has 2 heterocycles. The minimum Gasteiger partial charge on any atom is -0.487 e. The van der Waals surface area contributed by atoms with Crippen molar-refractivity contribution in [1.29, 1.82) is 0 Å². The smallest absolute Gasteiger partial charge is 0.143 e. The van der Waals surface area contributed by atoms with Crippen LogP contribution in [0.3, 0.4) is 0 Å². The molecule has 3 aromatic rings. The van der Waals surface area contributed by atoms with Gasteiger partial charge in [-0.3, -0.25) is 4.90 Å². The van der Waals surface area contributed by atoms with Crippen molar-refractivity contribution >= 4 is 17.1 Å². The summed E-state index contributed by atoms with van der Waals surface area (Å²) in [6.45, 7) is 3.86. The van der Waals surface area contributed by atoms with E-state index in [9.17, 15) is 0 Å². The lowest BCUT2D eigenvalue weighted by molar-refractivity contribution is 0.261. The van der Waals surface area contributed by atoms with Crippen LogP contribution in [-0.4, -0.2) is 30.6 Å². The lowest BCUT2D eigenvalue weighted by Crippen LogP contribution is -2.39. The molecule has 5 rings (SSSR count). The summed E-state index contributed by atoms with van der Waals surface area (Å²) < 4.78 is 6.15. The Kier molecular flexibility index (Phi) is 5.33. The van der Waals surface area contributed by atoms with E-state index < -0.39 is 0 Å². The van der Waals surface area contributed by atoms with E-state index in [0.29, 0.717) is 12.6 Å². The van der Waals surface area contributed by atoms with Crippen molar-refractivity contribution in [3.63, 3.8) is 0 Å². The Morgan fingerprint density at radius 3 is 2.53 bits per heavy atom. The molecule has 1 atom stereocenters. The van der Waals surface area contributed by atoms with Crippen molar-refractivity contribution in [2.45, 2.75) is 31.9 Å². The fourth-order valence-corrected chi connectivity index (χ4v) is 4.74. The number of ether oxygens (including phenoxy) is 1. The molecule has 0 spiro atoms. The van der Waals surface area contributed by atoms with Gasteiger partial charge in [0.15, 0.2) is 0 Å². The first-order valence-corrected chi connectivity index (χ1v) is 10.9. The molecule has 154 valence electrons. The number of nitrogens with two attached hydrogens (primary N) is 1. The van der Waals surface area contributed by atoms with E-state index in [-0.39, 0.29) is 0 Å². The van der Waals surface area contributed by atoms with Gasteiger partial charge in [-0.05, 0) is 61.7 Å². The molecule has 0 amide bonds. The summed E-state index contributed by atoms with van der Waals surface area (Å²) in [5, 5.41) is 0. The maximum atomic E-state index is 6.15. The van der Waals surface area contributed by atoms with Gasteiger partial charge in [0.05, 0.1) is 5.69 Å². The monoisotopic (exact) mass is 399 g/mol. The molecule has 1 unspecified atom stereocenters. The predicted octanol–water partition coefficient (Wildman–Crippen LogP) is 5.01. The van der Waals surface area contributed by atoms with Crippen LogP contribution in [0, 0.1) is 0 Å². The maximum Gasteiger partial charge on any atom is 0.143 e. The fraction of sp³-hybridized carbons (Fsp3) is 0.308. The van der Waals surface area contributed by atoms with Crippen molar-refractivity contribution in [2.75, 3.05) is 30.3 Å². The van der Waals surface area contributed by atoms with Crippen LogP contribution in [0.25, 0.3) is 0 Å². The lowest BCUT2D eigenvalue weighted by Gasteiger charge is -2.32. The Hall–Kier alpha value is -2.98. The molecule has 1 fully saturated rings. The lowest BCUT2D eigenvalue weighted by atomic mass is 10.1. The fourth-order valence-electron chi connectivity index (χ4n) is 4.74. The van der Waals surface area contributed by atoms with E-state index in [2.05, 4.69) is 70.5 Å². The minimum atomic E-state index is 0.540. The third-order valence-corrected chi connectivity index (χ3v) is 6.38. The summed E-state index contributed by atoms with van der Waals surface area (Å²) >= 11 is 0. The van der Waals surface area contributed by atoms with Crippen molar-refractivity contribution in [3.8, 4) is 5.75 Å². The molecule has 4 nitrogen and oxygen atoms in total. The van der Waals surface area contributed by atoms with Crippen molar-refractivity contribution in [1.82, 2.24) is 4.90 Å². The standard InChI is InChI=1S/C26H29N3O/c27-22-13-11-20(12-14-22)15-17-28-16-5-7-23(28)18-29-24-8-2-1-6-21(24)19-30-26-10-4-3-9-25(26)29/h1-4,6,8-14,23H,5,7,15-19,27H2. The van der Waals surface area contributed by atoms with Crippen LogP contribution in [0.15, 0.2) is 72.8 Å². The molecule has 1 saturated heterocycles. The molecule has 0 aliphatic carbocycles. The molecule has 30 heavy (non-hydrogen) atoms. The molecular weight excluding hydrogens is 370 g/mol. The summed E-state index contributed by atoms with van der Waals surface area (Å²) in [5.74, 6) is 0.972. The van der Waals surface area contributed by atoms with Gasteiger partial charge < -0.3 is 15.4 Å². The third-order valence-electron chi connectivity index (χ3n) is 6.38. The Morgan fingerprint density at radius 1 is 0.900 bits per heavy atom. The average Bonchev–Trinajstić information content (AvgIpc) is 3.16. The van der Waals surface area contributed by atoms with Gasteiger partial charge in [0, 0.05) is 36.1 Å². The Labute approximate surface area is 178 Å². The quantitative estimate of drug-likeness (QED) is 0.613. The van der Waals surface area contributed by atoms with Crippen LogP contribution in [0.5, 0.6) is 5.75 Å². The third kappa shape index (κ3) is 3.88. The van der Waals surface area contributed by atoms with Crippen LogP contribution < -0.4 is 15.4 Å². The number of anilines is 3. The minimum absolute atomic E-state index is 0.540. The second-order valence-electron chi connectivity index (χ2n) is 8.32. The van der Waals surface area contributed by atoms with Crippen LogP contribution in [0.2, 0.25) is 0 Å². The average molecular weight is 400 g/mol. The van der Waals surface area contributed by atoms with E-state index >= 15 is 0 Å². The zero-order valence-electron chi connectivity index (χ0n) is 17.3. The highest BCUT2D eigenvalue weighted by atomic mass is 16.5. The molecule has 2 aliphatic heterocycles. The number of nitrogens with zero attached hydrogens (tertiary/aromatic N) is 2. The molecule has 0 aromatic heterocycles. The van der Waals surface area contributed by atoms with Gasteiger partial charge in [-0.1, -0.05) is 42.5 Å². The van der Waals surface area contributed by atoms with Gasteiger partial charge in [-0.15, -0.1) is 0 Å². The number of nitrogen functional groups attached to an aromatic ring is 1. The molecule has 4 heteroatoms. The summed E-state index contributed by atoms with van der Waals surface area (Å²) in [6, 6.07) is 25.9. The zero-order chi connectivity index (χ0) is 20.3. The first kappa shape index (κ1) is 19.0. The second-order valence-corrected chi connectivity index (χ2v) is 8.32. The van der Waals surface area contributed by atoms with E-state index in [4.69, 9.17) is 10.5 Å². The molecule has 0 saturated carbocycles. The normalized spacial score (nSPS) is 18.4. The topological polar surface area (TPSA) is 41.7 Å². The van der Waals surface area contributed by atoms with Gasteiger partial charge in [0.2, 0.25) is 0 Å². The first-order valence-electron chi connectivity index (χ1n) is 10.9. The predicted molar refractivity (Wildman–Crippen MR) is 123 cm³/mol. The van der Waals surface area contributed by atoms with Crippen molar-refractivity contribution in [3.05, 3.63) is 83.9 Å². The van der Waals surface area contributed by atoms with Gasteiger partial charge >= 0.3 is 0 Å². The highest BCUT2D eigenvalue weighted by molar-refractivity contribution is 5.72. The van der Waals surface area contributed by atoms with Crippen LogP contribution >= 0.6 is 0 Å². The highest BCUT2D eigenvalue weighted by Gasteiger charge is 2.29. The molecule has 2 N–H and O–H groups in total. The number of benzene rings is 3. The summed E-state index contributed by atoms with van der Waals surface area (Å²) in [7, 11) is 0. The molecular formula is C26H29N3O. The molecule has 0 bridgehead atoms. The van der Waals surface area contributed by atoms with Gasteiger partial charge in [0.25, 0.3) is 0 Å². The van der Waals surface area contributed by atoms with Crippen LogP contribution in [0.1, 0.15) is 24.0 Å². The first-order chi connectivity index (χ1) is 14.8. The van der Waals surface area contributed by atoms with E-state index in [1.165, 1.54) is 41.9 Å². The van der Waals surface area contributed by atoms with Crippen LogP contribution in [0.4, 0.5) is 17.1 Å². The number of likely N-dealkylation sites (tertiary alicyclic amines) is 1. The summed E-state index contributed by atoms with van der Waals surface area (Å²) in [4.78, 5) is 5.14. The molecule has 3 aromatic carbocycles. The van der Waals surface area contributed by atoms with Gasteiger partial charge in [-0.25, -0.2) is 0 Å². The Morgan fingerprint density at radius 2 is 1.67 bits per heavy atom.